The fourth-order valence-corrected chi connectivity index (χ4v) is 5.52. The third-order valence-corrected chi connectivity index (χ3v) is 7.66. The van der Waals surface area contributed by atoms with Gasteiger partial charge in [-0.1, -0.05) is 54.6 Å². The van der Waals surface area contributed by atoms with Crippen LogP contribution in [-0.4, -0.2) is 29.3 Å². The average molecular weight is 512 g/mol. The third-order valence-electron chi connectivity index (χ3n) is 6.36. The highest BCUT2D eigenvalue weighted by molar-refractivity contribution is 7.15. The summed E-state index contributed by atoms with van der Waals surface area (Å²) in [6.07, 6.45) is -0.694. The van der Waals surface area contributed by atoms with Gasteiger partial charge in [0.1, 0.15) is 17.7 Å². The Morgan fingerprint density at radius 1 is 0.865 bits per heavy atom. The maximum atomic E-state index is 11.1. The first-order chi connectivity index (χ1) is 18.0. The van der Waals surface area contributed by atoms with Crippen molar-refractivity contribution in [2.75, 3.05) is 19.5 Å². The summed E-state index contributed by atoms with van der Waals surface area (Å²) < 4.78 is 11.0. The van der Waals surface area contributed by atoms with Gasteiger partial charge in [-0.25, -0.2) is 9.97 Å². The van der Waals surface area contributed by atoms with Gasteiger partial charge < -0.3 is 19.9 Å². The fourth-order valence-electron chi connectivity index (χ4n) is 4.46. The van der Waals surface area contributed by atoms with E-state index in [1.165, 1.54) is 0 Å². The van der Waals surface area contributed by atoms with Gasteiger partial charge in [-0.3, -0.25) is 0 Å². The van der Waals surface area contributed by atoms with Crippen LogP contribution in [0, 0.1) is 6.92 Å². The summed E-state index contributed by atoms with van der Waals surface area (Å²) in [6, 6.07) is 25.8. The Morgan fingerprint density at radius 3 is 2.32 bits per heavy atom. The van der Waals surface area contributed by atoms with Crippen molar-refractivity contribution in [2.45, 2.75) is 26.0 Å². The highest BCUT2D eigenvalue weighted by atomic mass is 32.1. The second-order valence-electron chi connectivity index (χ2n) is 8.81. The largest absolute Gasteiger partial charge is 0.493 e. The van der Waals surface area contributed by atoms with E-state index in [-0.39, 0.29) is 6.04 Å². The number of rotatable bonds is 8. The topological polar surface area (TPSA) is 76.5 Å². The molecule has 0 saturated carbocycles. The van der Waals surface area contributed by atoms with Gasteiger partial charge in [-0.05, 0) is 48.7 Å². The maximum absolute atomic E-state index is 11.1. The Kier molecular flexibility index (Phi) is 7.08. The van der Waals surface area contributed by atoms with Gasteiger partial charge in [-0.15, -0.1) is 11.3 Å². The fraction of sp³-hybridized carbons (Fsp3) is 0.200. The molecule has 37 heavy (non-hydrogen) atoms. The summed E-state index contributed by atoms with van der Waals surface area (Å²) in [6.45, 7) is 3.99. The van der Waals surface area contributed by atoms with Crippen LogP contribution in [0.2, 0.25) is 0 Å². The number of aliphatic hydroxyl groups excluding tert-OH is 1. The molecule has 3 aromatic carbocycles. The van der Waals surface area contributed by atoms with Gasteiger partial charge in [0.05, 0.1) is 25.8 Å². The lowest BCUT2D eigenvalue weighted by Crippen LogP contribution is -2.08. The molecule has 2 unspecified atom stereocenters. The van der Waals surface area contributed by atoms with Crippen molar-refractivity contribution in [1.29, 1.82) is 0 Å². The van der Waals surface area contributed by atoms with Crippen molar-refractivity contribution >= 4 is 28.1 Å². The zero-order valence-corrected chi connectivity index (χ0v) is 22.0. The number of ether oxygens (including phenoxy) is 2. The first-order valence-corrected chi connectivity index (χ1v) is 12.9. The van der Waals surface area contributed by atoms with Crippen LogP contribution >= 0.6 is 11.3 Å². The van der Waals surface area contributed by atoms with Gasteiger partial charge in [-0.2, -0.15) is 0 Å². The van der Waals surface area contributed by atoms with E-state index < -0.39 is 6.10 Å². The molecule has 7 heteroatoms. The van der Waals surface area contributed by atoms with Gasteiger partial charge >= 0.3 is 0 Å². The quantitative estimate of drug-likeness (QED) is 0.235. The number of methoxy groups -OCH3 is 2. The molecule has 2 heterocycles. The molecule has 0 aliphatic heterocycles. The number of thiophene rings is 1. The van der Waals surface area contributed by atoms with Crippen LogP contribution in [0.1, 0.15) is 40.9 Å². The molecule has 0 radical (unpaired) electrons. The van der Waals surface area contributed by atoms with Crippen molar-refractivity contribution in [3.63, 3.8) is 0 Å². The normalized spacial score (nSPS) is 12.8. The van der Waals surface area contributed by atoms with Crippen molar-refractivity contribution in [3.05, 3.63) is 101 Å². The van der Waals surface area contributed by atoms with Gasteiger partial charge in [0.25, 0.3) is 0 Å². The van der Waals surface area contributed by atoms with Gasteiger partial charge in [0.15, 0.2) is 11.5 Å². The molecule has 0 aliphatic rings. The van der Waals surface area contributed by atoms with E-state index in [0.29, 0.717) is 17.3 Å². The van der Waals surface area contributed by atoms with Crippen molar-refractivity contribution in [1.82, 2.24) is 9.97 Å². The molecule has 2 atom stereocenters. The Bertz CT molecular complexity index is 1530. The minimum atomic E-state index is -0.694. The van der Waals surface area contributed by atoms with Crippen LogP contribution in [0.3, 0.4) is 0 Å². The lowest BCUT2D eigenvalue weighted by atomic mass is 9.96. The third kappa shape index (κ3) is 5.01. The zero-order chi connectivity index (χ0) is 25.9. The van der Waals surface area contributed by atoms with Gasteiger partial charge in [0, 0.05) is 21.2 Å². The number of nitrogens with zero attached hydrogens (tertiary/aromatic N) is 2. The van der Waals surface area contributed by atoms with E-state index in [1.54, 1.807) is 25.6 Å². The lowest BCUT2D eigenvalue weighted by Gasteiger charge is -2.17. The smallest absolute Gasteiger partial charge is 0.162 e. The first kappa shape index (κ1) is 24.7. The number of benzene rings is 3. The van der Waals surface area contributed by atoms with Crippen LogP contribution < -0.4 is 14.8 Å². The number of fused-ring (bicyclic) bond motifs is 1. The van der Waals surface area contributed by atoms with Crippen LogP contribution in [-0.2, 0) is 0 Å². The average Bonchev–Trinajstić information content (AvgIpc) is 3.43. The maximum Gasteiger partial charge on any atom is 0.162 e. The standard InChI is InChI=1S/C30H29N3O3S/c1-18(31-30-23-16-25(35-3)26(36-4)17-24(23)32-19(2)33-30)27-14-15-28(37-27)21-12-8-9-13-22(21)29(34)20-10-6-5-7-11-20/h5-18,29,34H,1-4H3,(H,31,32,33). The van der Waals surface area contributed by atoms with Crippen LogP contribution in [0.4, 0.5) is 5.82 Å². The van der Waals surface area contributed by atoms with Crippen LogP contribution in [0.5, 0.6) is 11.5 Å². The van der Waals surface area contributed by atoms with Crippen LogP contribution in [0.25, 0.3) is 21.3 Å². The molecule has 2 aromatic heterocycles. The molecule has 0 bridgehead atoms. The molecule has 0 fully saturated rings. The number of aromatic nitrogens is 2. The Balaban J connectivity index is 1.45. The molecule has 0 aliphatic carbocycles. The SMILES string of the molecule is COc1cc2nc(C)nc(NC(C)c3ccc(-c4ccccc4C(O)c4ccccc4)s3)c2cc1OC. The second kappa shape index (κ2) is 10.6. The zero-order valence-electron chi connectivity index (χ0n) is 21.2. The second-order valence-corrected chi connectivity index (χ2v) is 9.93. The van der Waals surface area contributed by atoms with E-state index in [1.807, 2.05) is 67.6 Å². The lowest BCUT2D eigenvalue weighted by molar-refractivity contribution is 0.221. The van der Waals surface area contributed by atoms with E-state index in [4.69, 9.17) is 9.47 Å². The van der Waals surface area contributed by atoms with Crippen molar-refractivity contribution in [3.8, 4) is 21.9 Å². The number of hydrogen-bond acceptors (Lipinski definition) is 7. The molecular formula is C30H29N3O3S. The summed E-state index contributed by atoms with van der Waals surface area (Å²) in [4.78, 5) is 11.5. The number of anilines is 1. The monoisotopic (exact) mass is 511 g/mol. The highest BCUT2D eigenvalue weighted by Gasteiger charge is 2.19. The Hall–Kier alpha value is -3.94. The predicted octanol–water partition coefficient (Wildman–Crippen LogP) is 6.94. The summed E-state index contributed by atoms with van der Waals surface area (Å²) in [7, 11) is 3.23. The van der Waals surface area contributed by atoms with E-state index in [0.717, 1.165) is 43.2 Å². The van der Waals surface area contributed by atoms with E-state index >= 15 is 0 Å². The molecule has 0 saturated heterocycles. The Labute approximate surface area is 220 Å². The number of nitrogens with one attached hydrogen (secondary N) is 1. The molecule has 5 rings (SSSR count). The molecule has 5 aromatic rings. The minimum Gasteiger partial charge on any atom is -0.493 e. The summed E-state index contributed by atoms with van der Waals surface area (Å²) in [5.41, 5.74) is 3.58. The summed E-state index contributed by atoms with van der Waals surface area (Å²) >= 11 is 1.70. The molecule has 0 spiro atoms. The number of hydrogen-bond donors (Lipinski definition) is 2. The van der Waals surface area contributed by atoms with Gasteiger partial charge in [0.2, 0.25) is 0 Å². The Morgan fingerprint density at radius 2 is 1.57 bits per heavy atom. The molecule has 2 N–H and O–H groups in total. The molecule has 188 valence electrons. The summed E-state index contributed by atoms with van der Waals surface area (Å²) in [5.74, 6) is 2.67. The van der Waals surface area contributed by atoms with Crippen LogP contribution in [0.15, 0.2) is 78.9 Å². The molecule has 0 amide bonds. The summed E-state index contributed by atoms with van der Waals surface area (Å²) in [5, 5.41) is 15.5. The first-order valence-electron chi connectivity index (χ1n) is 12.1. The molecule has 6 nitrogen and oxygen atoms in total. The van der Waals surface area contributed by atoms with Crippen molar-refractivity contribution in [2.24, 2.45) is 0 Å². The predicted molar refractivity (Wildman–Crippen MR) is 150 cm³/mol. The minimum absolute atomic E-state index is 0.00412. The van der Waals surface area contributed by atoms with E-state index in [9.17, 15) is 5.11 Å². The number of aryl methyl sites for hydroxylation is 1. The highest BCUT2D eigenvalue weighted by Crippen LogP contribution is 2.39. The van der Waals surface area contributed by atoms with Crippen molar-refractivity contribution < 1.29 is 14.6 Å². The van der Waals surface area contributed by atoms with E-state index in [2.05, 4.69) is 40.4 Å². The molecular weight excluding hydrogens is 482 g/mol. The number of aliphatic hydroxyl groups is 1.